The van der Waals surface area contributed by atoms with Gasteiger partial charge in [0.1, 0.15) is 5.69 Å². The van der Waals surface area contributed by atoms with Crippen molar-refractivity contribution in [2.24, 2.45) is 7.05 Å². The Morgan fingerprint density at radius 1 is 0.788 bits per heavy atom. The van der Waals surface area contributed by atoms with Crippen molar-refractivity contribution in [1.82, 2.24) is 4.57 Å². The summed E-state index contributed by atoms with van der Waals surface area (Å²) in [5, 5.41) is 1.51. The smallest absolute Gasteiger partial charge is 0.225 e. The zero-order valence-corrected chi connectivity index (χ0v) is 22.8. The van der Waals surface area contributed by atoms with Gasteiger partial charge in [0.05, 0.1) is 20.7 Å². The van der Waals surface area contributed by atoms with E-state index in [0.29, 0.717) is 11.8 Å². The summed E-state index contributed by atoms with van der Waals surface area (Å²) in [6, 6.07) is 22.8. The maximum Gasteiger partial charge on any atom is 0.295 e. The number of benzene rings is 3. The molecule has 2 nitrogen and oxygen atoms in total. The lowest BCUT2D eigenvalue weighted by Gasteiger charge is -2.20. The minimum absolute atomic E-state index is 0.438. The molecule has 0 bridgehead atoms. The van der Waals surface area contributed by atoms with E-state index in [2.05, 4.69) is 131 Å². The molecule has 1 heterocycles. The van der Waals surface area contributed by atoms with Crippen molar-refractivity contribution >= 4 is 24.3 Å². The van der Waals surface area contributed by atoms with Gasteiger partial charge in [-0.05, 0) is 42.5 Å². The zero-order chi connectivity index (χ0) is 24.1. The second kappa shape index (κ2) is 8.61. The van der Waals surface area contributed by atoms with Crippen LogP contribution >= 0.6 is 0 Å². The van der Waals surface area contributed by atoms with Crippen LogP contribution in [0.2, 0.25) is 19.6 Å². The molecule has 0 saturated heterocycles. The van der Waals surface area contributed by atoms with E-state index in [4.69, 9.17) is 0 Å². The van der Waals surface area contributed by atoms with Crippen molar-refractivity contribution in [3.63, 3.8) is 0 Å². The van der Waals surface area contributed by atoms with Crippen molar-refractivity contribution in [1.29, 1.82) is 0 Å². The average molecular weight is 456 g/mol. The first-order chi connectivity index (χ1) is 15.5. The SMILES string of the molecule is Cc1cc([Si](C)(C)C)ccc1-c1n(-c2c(C(C)C)cccc2C(C)C)c2ccccc2[n+]1C. The molecule has 1 aromatic heterocycles. The maximum atomic E-state index is 2.54. The molecule has 0 atom stereocenters. The number of para-hydroxylation sites is 3. The van der Waals surface area contributed by atoms with E-state index >= 15 is 0 Å². The van der Waals surface area contributed by atoms with Crippen LogP contribution in [0.4, 0.5) is 0 Å². The summed E-state index contributed by atoms with van der Waals surface area (Å²) in [7, 11) is 0.843. The van der Waals surface area contributed by atoms with Crippen molar-refractivity contribution in [2.45, 2.75) is 66.1 Å². The fraction of sp³-hybridized carbons (Fsp3) is 0.367. The Morgan fingerprint density at radius 3 is 1.94 bits per heavy atom. The highest BCUT2D eigenvalue weighted by molar-refractivity contribution is 6.88. The van der Waals surface area contributed by atoms with Crippen LogP contribution in [0.25, 0.3) is 28.1 Å². The monoisotopic (exact) mass is 455 g/mol. The third-order valence-electron chi connectivity index (χ3n) is 6.91. The normalized spacial score (nSPS) is 12.3. The number of rotatable bonds is 5. The zero-order valence-electron chi connectivity index (χ0n) is 21.8. The molecule has 0 aliphatic carbocycles. The third kappa shape index (κ3) is 4.08. The molecule has 0 radical (unpaired) electrons. The number of nitrogens with zero attached hydrogens (tertiary/aromatic N) is 2. The highest BCUT2D eigenvalue weighted by Crippen LogP contribution is 2.37. The lowest BCUT2D eigenvalue weighted by atomic mass is 9.92. The second-order valence-electron chi connectivity index (χ2n) is 11.1. The Bertz CT molecular complexity index is 1290. The van der Waals surface area contributed by atoms with E-state index in [1.165, 1.54) is 50.0 Å². The van der Waals surface area contributed by atoms with Crippen LogP contribution in [-0.2, 0) is 7.05 Å². The molecule has 3 aromatic carbocycles. The van der Waals surface area contributed by atoms with E-state index in [1.807, 2.05) is 0 Å². The van der Waals surface area contributed by atoms with Crippen molar-refractivity contribution in [3.8, 4) is 17.1 Å². The molecule has 0 amide bonds. The van der Waals surface area contributed by atoms with Crippen molar-refractivity contribution in [3.05, 3.63) is 77.4 Å². The Labute approximate surface area is 200 Å². The van der Waals surface area contributed by atoms with Crippen LogP contribution in [0.3, 0.4) is 0 Å². The quantitative estimate of drug-likeness (QED) is 0.222. The van der Waals surface area contributed by atoms with Crippen LogP contribution in [-0.4, -0.2) is 12.6 Å². The highest BCUT2D eigenvalue weighted by atomic mass is 28.3. The molecule has 0 aliphatic rings. The summed E-state index contributed by atoms with van der Waals surface area (Å²) in [6.07, 6.45) is 0. The summed E-state index contributed by atoms with van der Waals surface area (Å²) < 4.78 is 4.92. The fourth-order valence-electron chi connectivity index (χ4n) is 4.99. The lowest BCUT2D eigenvalue weighted by Crippen LogP contribution is -2.38. The Balaban J connectivity index is 2.15. The number of aromatic nitrogens is 2. The van der Waals surface area contributed by atoms with Crippen LogP contribution in [0.15, 0.2) is 60.7 Å². The van der Waals surface area contributed by atoms with Gasteiger partial charge in [0.15, 0.2) is 11.0 Å². The van der Waals surface area contributed by atoms with Crippen LogP contribution < -0.4 is 9.75 Å². The van der Waals surface area contributed by atoms with E-state index in [1.54, 1.807) is 0 Å². The first-order valence-corrected chi connectivity index (χ1v) is 15.8. The van der Waals surface area contributed by atoms with Gasteiger partial charge in [-0.25, -0.2) is 4.57 Å². The van der Waals surface area contributed by atoms with Crippen molar-refractivity contribution < 1.29 is 4.57 Å². The average Bonchev–Trinajstić information content (AvgIpc) is 3.04. The molecule has 172 valence electrons. The topological polar surface area (TPSA) is 8.81 Å². The molecular formula is C30H39N2Si+. The summed E-state index contributed by atoms with van der Waals surface area (Å²) in [4.78, 5) is 0. The number of fused-ring (bicyclic) bond motifs is 1. The summed E-state index contributed by atoms with van der Waals surface area (Å²) in [5.74, 6) is 2.13. The predicted octanol–water partition coefficient (Wildman–Crippen LogP) is 7.22. The number of imidazole rings is 1. The van der Waals surface area contributed by atoms with Gasteiger partial charge < -0.3 is 0 Å². The molecule has 0 fully saturated rings. The fourth-order valence-corrected chi connectivity index (χ4v) is 6.23. The van der Waals surface area contributed by atoms with E-state index in [9.17, 15) is 0 Å². The van der Waals surface area contributed by atoms with E-state index in [0.717, 1.165) is 0 Å². The highest BCUT2D eigenvalue weighted by Gasteiger charge is 2.31. The molecule has 0 spiro atoms. The second-order valence-corrected chi connectivity index (χ2v) is 16.2. The molecule has 0 N–H and O–H groups in total. The molecule has 0 unspecified atom stereocenters. The summed E-state index contributed by atoms with van der Waals surface area (Å²) >= 11 is 0. The Hall–Kier alpha value is -2.65. The van der Waals surface area contributed by atoms with Gasteiger partial charge in [-0.1, -0.05) is 95.0 Å². The largest absolute Gasteiger partial charge is 0.295 e. The Morgan fingerprint density at radius 2 is 1.39 bits per heavy atom. The van der Waals surface area contributed by atoms with Gasteiger partial charge in [0, 0.05) is 11.1 Å². The van der Waals surface area contributed by atoms with Gasteiger partial charge in [-0.15, -0.1) is 0 Å². The van der Waals surface area contributed by atoms with Crippen molar-refractivity contribution in [2.75, 3.05) is 0 Å². The van der Waals surface area contributed by atoms with Gasteiger partial charge >= 0.3 is 0 Å². The number of hydrogen-bond acceptors (Lipinski definition) is 0. The minimum Gasteiger partial charge on any atom is -0.225 e. The molecule has 0 aliphatic heterocycles. The molecule has 3 heteroatoms. The van der Waals surface area contributed by atoms with Gasteiger partial charge in [0.25, 0.3) is 5.82 Å². The van der Waals surface area contributed by atoms with E-state index < -0.39 is 8.07 Å². The standard InChI is InChI=1S/C30H39N2Si/c1-20(2)24-13-12-14-25(21(3)4)29(24)32-28-16-11-10-15-27(28)31(6)30(32)26-18-17-23(19-22(26)5)33(7,8)9/h10-21H,1-9H3/q+1. The summed E-state index contributed by atoms with van der Waals surface area (Å²) in [6.45, 7) is 18.8. The predicted molar refractivity (Wildman–Crippen MR) is 146 cm³/mol. The van der Waals surface area contributed by atoms with Crippen LogP contribution in [0.5, 0.6) is 0 Å². The number of hydrogen-bond donors (Lipinski definition) is 0. The third-order valence-corrected chi connectivity index (χ3v) is 8.96. The summed E-state index contributed by atoms with van der Waals surface area (Å²) in [5.41, 5.74) is 9.34. The molecule has 4 rings (SSSR count). The molecular weight excluding hydrogens is 416 g/mol. The molecule has 33 heavy (non-hydrogen) atoms. The first kappa shape index (κ1) is 23.5. The van der Waals surface area contributed by atoms with Crippen LogP contribution in [0.1, 0.15) is 56.2 Å². The van der Waals surface area contributed by atoms with Crippen LogP contribution in [0, 0.1) is 6.92 Å². The minimum atomic E-state index is -1.37. The maximum absolute atomic E-state index is 2.54. The first-order valence-electron chi connectivity index (χ1n) is 12.3. The van der Waals surface area contributed by atoms with E-state index in [-0.39, 0.29) is 0 Å². The molecule has 0 saturated carbocycles. The van der Waals surface area contributed by atoms with Gasteiger partial charge in [-0.3, -0.25) is 0 Å². The Kier molecular flexibility index (Phi) is 6.13. The van der Waals surface area contributed by atoms with Gasteiger partial charge in [-0.2, -0.15) is 4.57 Å². The van der Waals surface area contributed by atoms with Gasteiger partial charge in [0.2, 0.25) is 0 Å². The lowest BCUT2D eigenvalue weighted by molar-refractivity contribution is -0.633. The number of aryl methyl sites for hydroxylation is 2. The molecule has 4 aromatic rings.